The Morgan fingerprint density at radius 2 is 2.11 bits per heavy atom. The summed E-state index contributed by atoms with van der Waals surface area (Å²) in [7, 11) is 0. The Bertz CT molecular complexity index is 452. The first-order valence-corrected chi connectivity index (χ1v) is 5.68. The first-order chi connectivity index (χ1) is 8.31. The average molecular weight is 277 g/mol. The molecule has 1 unspecified atom stereocenters. The van der Waals surface area contributed by atoms with Crippen LogP contribution in [-0.2, 0) is 6.54 Å². The lowest BCUT2D eigenvalue weighted by Gasteiger charge is -2.16. The highest BCUT2D eigenvalue weighted by atomic mass is 35.5. The van der Waals surface area contributed by atoms with Gasteiger partial charge < -0.3 is 5.32 Å². The fraction of sp³-hybridized carbons (Fsp3) is 0.417. The molecule has 1 aromatic rings. The standard InChI is InChI=1S/C12H12ClF3N2/c1-8(5-12(14,15)16)18-7-10-3-2-9(6-17)4-11(10)13/h2-4,8,18H,5,7H2,1H3. The molecule has 1 N–H and O–H groups in total. The van der Waals surface area contributed by atoms with E-state index in [1.54, 1.807) is 12.1 Å². The summed E-state index contributed by atoms with van der Waals surface area (Å²) < 4.78 is 36.3. The predicted molar refractivity (Wildman–Crippen MR) is 63.1 cm³/mol. The quantitative estimate of drug-likeness (QED) is 0.911. The lowest BCUT2D eigenvalue weighted by Crippen LogP contribution is -2.30. The number of hydrogen-bond acceptors (Lipinski definition) is 2. The van der Waals surface area contributed by atoms with Gasteiger partial charge >= 0.3 is 6.18 Å². The Morgan fingerprint density at radius 1 is 1.44 bits per heavy atom. The van der Waals surface area contributed by atoms with Gasteiger partial charge in [0.25, 0.3) is 0 Å². The van der Waals surface area contributed by atoms with Crippen molar-refractivity contribution in [2.24, 2.45) is 0 Å². The first-order valence-electron chi connectivity index (χ1n) is 5.30. The van der Waals surface area contributed by atoms with Crippen molar-refractivity contribution in [1.29, 1.82) is 5.26 Å². The van der Waals surface area contributed by atoms with E-state index in [2.05, 4.69) is 5.32 Å². The second-order valence-electron chi connectivity index (χ2n) is 4.02. The first kappa shape index (κ1) is 14.8. The zero-order valence-electron chi connectivity index (χ0n) is 9.68. The molecule has 0 aliphatic rings. The third-order valence-corrected chi connectivity index (χ3v) is 2.71. The van der Waals surface area contributed by atoms with Gasteiger partial charge in [0.2, 0.25) is 0 Å². The van der Waals surface area contributed by atoms with Crippen LogP contribution in [0.25, 0.3) is 0 Å². The Kier molecular flexibility index (Phi) is 5.00. The molecule has 0 heterocycles. The van der Waals surface area contributed by atoms with E-state index < -0.39 is 18.6 Å². The van der Waals surface area contributed by atoms with Gasteiger partial charge in [0, 0.05) is 17.6 Å². The Balaban J connectivity index is 2.57. The van der Waals surface area contributed by atoms with Crippen LogP contribution in [0.1, 0.15) is 24.5 Å². The smallest absolute Gasteiger partial charge is 0.310 e. The molecular formula is C12H12ClF3N2. The van der Waals surface area contributed by atoms with E-state index in [0.29, 0.717) is 16.1 Å². The topological polar surface area (TPSA) is 35.8 Å². The van der Waals surface area contributed by atoms with Crippen LogP contribution in [0.15, 0.2) is 18.2 Å². The average Bonchev–Trinajstić information content (AvgIpc) is 2.25. The van der Waals surface area contributed by atoms with Gasteiger partial charge in [-0.25, -0.2) is 0 Å². The zero-order valence-corrected chi connectivity index (χ0v) is 10.4. The minimum absolute atomic E-state index is 0.238. The third-order valence-electron chi connectivity index (χ3n) is 2.36. The van der Waals surface area contributed by atoms with E-state index in [9.17, 15) is 13.2 Å². The van der Waals surface area contributed by atoms with E-state index in [1.807, 2.05) is 6.07 Å². The number of halogens is 4. The lowest BCUT2D eigenvalue weighted by molar-refractivity contribution is -0.139. The third kappa shape index (κ3) is 4.94. The molecule has 0 spiro atoms. The molecule has 1 rings (SSSR count). The van der Waals surface area contributed by atoms with Gasteiger partial charge in [0.15, 0.2) is 0 Å². The van der Waals surface area contributed by atoms with Gasteiger partial charge in [-0.05, 0) is 24.6 Å². The maximum atomic E-state index is 12.1. The van der Waals surface area contributed by atoms with Crippen LogP contribution in [0.3, 0.4) is 0 Å². The maximum Gasteiger partial charge on any atom is 0.390 e. The number of rotatable bonds is 4. The minimum Gasteiger partial charge on any atom is -0.310 e. The largest absolute Gasteiger partial charge is 0.390 e. The molecule has 1 atom stereocenters. The second-order valence-corrected chi connectivity index (χ2v) is 4.43. The van der Waals surface area contributed by atoms with Crippen molar-refractivity contribution < 1.29 is 13.2 Å². The van der Waals surface area contributed by atoms with Crippen molar-refractivity contribution in [3.8, 4) is 6.07 Å². The minimum atomic E-state index is -4.18. The van der Waals surface area contributed by atoms with Crippen LogP contribution in [-0.4, -0.2) is 12.2 Å². The van der Waals surface area contributed by atoms with Crippen molar-refractivity contribution in [3.63, 3.8) is 0 Å². The summed E-state index contributed by atoms with van der Waals surface area (Å²) in [6.07, 6.45) is -5.07. The number of nitrogens with zero attached hydrogens (tertiary/aromatic N) is 1. The van der Waals surface area contributed by atoms with Crippen LogP contribution in [0, 0.1) is 11.3 Å². The normalized spacial score (nSPS) is 13.1. The highest BCUT2D eigenvalue weighted by molar-refractivity contribution is 6.31. The van der Waals surface area contributed by atoms with Gasteiger partial charge in [-0.1, -0.05) is 17.7 Å². The molecule has 18 heavy (non-hydrogen) atoms. The summed E-state index contributed by atoms with van der Waals surface area (Å²) in [5.74, 6) is 0. The number of alkyl halides is 3. The molecule has 0 radical (unpaired) electrons. The molecule has 0 fully saturated rings. The number of nitrogens with one attached hydrogen (secondary N) is 1. The van der Waals surface area contributed by atoms with Crippen molar-refractivity contribution in [2.75, 3.05) is 0 Å². The molecular weight excluding hydrogens is 265 g/mol. The van der Waals surface area contributed by atoms with Crippen LogP contribution in [0.5, 0.6) is 0 Å². The summed E-state index contributed by atoms with van der Waals surface area (Å²) >= 11 is 5.91. The molecule has 0 aliphatic heterocycles. The fourth-order valence-corrected chi connectivity index (χ4v) is 1.71. The van der Waals surface area contributed by atoms with Crippen LogP contribution >= 0.6 is 11.6 Å². The van der Waals surface area contributed by atoms with Crippen LogP contribution in [0.4, 0.5) is 13.2 Å². The monoisotopic (exact) mass is 276 g/mol. The summed E-state index contributed by atoms with van der Waals surface area (Å²) in [4.78, 5) is 0. The zero-order chi connectivity index (χ0) is 13.8. The van der Waals surface area contributed by atoms with E-state index in [-0.39, 0.29) is 6.54 Å². The van der Waals surface area contributed by atoms with Crippen LogP contribution < -0.4 is 5.32 Å². The molecule has 0 bridgehead atoms. The van der Waals surface area contributed by atoms with Gasteiger partial charge in [-0.15, -0.1) is 0 Å². The summed E-state index contributed by atoms with van der Waals surface area (Å²) in [6.45, 7) is 1.70. The molecule has 1 aromatic carbocycles. The molecule has 0 saturated carbocycles. The second kappa shape index (κ2) is 6.07. The molecule has 0 saturated heterocycles. The van der Waals surface area contributed by atoms with Gasteiger partial charge in [-0.2, -0.15) is 18.4 Å². The maximum absolute atomic E-state index is 12.1. The van der Waals surface area contributed by atoms with E-state index in [1.165, 1.54) is 13.0 Å². The van der Waals surface area contributed by atoms with Crippen LogP contribution in [0.2, 0.25) is 5.02 Å². The molecule has 6 heteroatoms. The Labute approximate surface area is 108 Å². The lowest BCUT2D eigenvalue weighted by atomic mass is 10.1. The summed E-state index contributed by atoms with van der Waals surface area (Å²) in [6, 6.07) is 5.96. The summed E-state index contributed by atoms with van der Waals surface area (Å²) in [5.41, 5.74) is 1.09. The molecule has 2 nitrogen and oxygen atoms in total. The van der Waals surface area contributed by atoms with Gasteiger partial charge in [0.05, 0.1) is 18.1 Å². The fourth-order valence-electron chi connectivity index (χ4n) is 1.46. The van der Waals surface area contributed by atoms with E-state index in [0.717, 1.165) is 0 Å². The summed E-state index contributed by atoms with van der Waals surface area (Å²) in [5, 5.41) is 11.8. The Morgan fingerprint density at radius 3 is 2.61 bits per heavy atom. The number of hydrogen-bond donors (Lipinski definition) is 1. The van der Waals surface area contributed by atoms with E-state index >= 15 is 0 Å². The predicted octanol–water partition coefficient (Wildman–Crippen LogP) is 3.64. The van der Waals surface area contributed by atoms with Gasteiger partial charge in [-0.3, -0.25) is 0 Å². The van der Waals surface area contributed by atoms with Crippen molar-refractivity contribution in [3.05, 3.63) is 34.3 Å². The Hall–Kier alpha value is -1.25. The van der Waals surface area contributed by atoms with Crippen molar-refractivity contribution in [2.45, 2.75) is 32.1 Å². The van der Waals surface area contributed by atoms with Crippen molar-refractivity contribution >= 4 is 11.6 Å². The number of nitriles is 1. The molecule has 98 valence electrons. The molecule has 0 aromatic heterocycles. The molecule has 0 amide bonds. The SMILES string of the molecule is CC(CC(F)(F)F)NCc1ccc(C#N)cc1Cl. The highest BCUT2D eigenvalue weighted by Gasteiger charge is 2.29. The van der Waals surface area contributed by atoms with E-state index in [4.69, 9.17) is 16.9 Å². The molecule has 0 aliphatic carbocycles. The van der Waals surface area contributed by atoms with Gasteiger partial charge in [0.1, 0.15) is 0 Å². The highest BCUT2D eigenvalue weighted by Crippen LogP contribution is 2.22. The van der Waals surface area contributed by atoms with Crippen molar-refractivity contribution in [1.82, 2.24) is 5.32 Å². The number of benzene rings is 1.